The van der Waals surface area contributed by atoms with Gasteiger partial charge in [0.2, 0.25) is 5.95 Å². The highest BCUT2D eigenvalue weighted by Crippen LogP contribution is 2.24. The third-order valence-corrected chi connectivity index (χ3v) is 3.14. The van der Waals surface area contributed by atoms with Gasteiger partial charge in [-0.15, -0.1) is 0 Å². The highest BCUT2D eigenvalue weighted by atomic mass is 35.5. The van der Waals surface area contributed by atoms with Crippen LogP contribution in [0.4, 0.5) is 11.8 Å². The summed E-state index contributed by atoms with van der Waals surface area (Å²) in [6.45, 7) is 3.97. The van der Waals surface area contributed by atoms with Crippen molar-refractivity contribution in [3.05, 3.63) is 11.2 Å². The Bertz CT molecular complexity index is 385. The summed E-state index contributed by atoms with van der Waals surface area (Å²) < 4.78 is 0. The van der Waals surface area contributed by atoms with Crippen molar-refractivity contribution in [1.82, 2.24) is 14.9 Å². The Kier molecular flexibility index (Phi) is 3.98. The van der Waals surface area contributed by atoms with E-state index < -0.39 is 0 Å². The van der Waals surface area contributed by atoms with Gasteiger partial charge in [-0.25, -0.2) is 10.8 Å². The lowest BCUT2D eigenvalue weighted by atomic mass is 10.4. The quantitative estimate of drug-likeness (QED) is 0.595. The summed E-state index contributed by atoms with van der Waals surface area (Å²) in [7, 11) is 2.12. The van der Waals surface area contributed by atoms with Crippen LogP contribution < -0.4 is 16.2 Å². The molecule has 6 nitrogen and oxygen atoms in total. The lowest BCUT2D eigenvalue weighted by molar-refractivity contribution is 0.360. The van der Waals surface area contributed by atoms with Crippen molar-refractivity contribution in [1.29, 1.82) is 0 Å². The molecule has 1 fully saturated rings. The van der Waals surface area contributed by atoms with Gasteiger partial charge < -0.3 is 9.80 Å². The van der Waals surface area contributed by atoms with E-state index in [9.17, 15) is 0 Å². The van der Waals surface area contributed by atoms with Crippen LogP contribution >= 0.6 is 11.6 Å². The SMILES string of the molecule is CN1CCCN(c2nc(NN)ncc2Cl)CC1. The molecule has 0 spiro atoms. The third-order valence-electron chi connectivity index (χ3n) is 2.87. The fourth-order valence-electron chi connectivity index (χ4n) is 1.91. The number of halogens is 1. The summed E-state index contributed by atoms with van der Waals surface area (Å²) in [5.74, 6) is 6.45. The molecule has 1 aliphatic rings. The molecular formula is C10H17ClN6. The second-order valence-corrected chi connectivity index (χ2v) is 4.56. The molecule has 17 heavy (non-hydrogen) atoms. The molecule has 0 amide bonds. The first-order valence-electron chi connectivity index (χ1n) is 5.63. The van der Waals surface area contributed by atoms with E-state index in [-0.39, 0.29) is 0 Å². The molecule has 0 aromatic carbocycles. The minimum atomic E-state index is 0.391. The van der Waals surface area contributed by atoms with Crippen LogP contribution in [0, 0.1) is 0 Å². The molecule has 0 saturated carbocycles. The lowest BCUT2D eigenvalue weighted by Crippen LogP contribution is -2.30. The van der Waals surface area contributed by atoms with Crippen LogP contribution in [0.3, 0.4) is 0 Å². The van der Waals surface area contributed by atoms with Gasteiger partial charge in [0, 0.05) is 19.6 Å². The van der Waals surface area contributed by atoms with E-state index in [4.69, 9.17) is 17.4 Å². The van der Waals surface area contributed by atoms with Gasteiger partial charge in [0.25, 0.3) is 0 Å². The number of hydrogen-bond acceptors (Lipinski definition) is 6. The van der Waals surface area contributed by atoms with Crippen LogP contribution in [-0.2, 0) is 0 Å². The molecule has 2 rings (SSSR count). The number of hydrogen-bond donors (Lipinski definition) is 2. The number of anilines is 2. The van der Waals surface area contributed by atoms with E-state index in [1.165, 1.54) is 0 Å². The zero-order chi connectivity index (χ0) is 12.3. The number of rotatable bonds is 2. The van der Waals surface area contributed by atoms with Gasteiger partial charge in [-0.05, 0) is 20.0 Å². The van der Waals surface area contributed by atoms with Crippen molar-refractivity contribution in [3.8, 4) is 0 Å². The van der Waals surface area contributed by atoms with Gasteiger partial charge in [-0.3, -0.25) is 5.43 Å². The minimum absolute atomic E-state index is 0.391. The fourth-order valence-corrected chi connectivity index (χ4v) is 2.12. The summed E-state index contributed by atoms with van der Waals surface area (Å²) in [6, 6.07) is 0. The van der Waals surface area contributed by atoms with E-state index in [0.717, 1.165) is 38.4 Å². The first-order chi connectivity index (χ1) is 8.20. The normalized spacial score (nSPS) is 17.9. The average molecular weight is 257 g/mol. The number of aromatic nitrogens is 2. The average Bonchev–Trinajstić information content (AvgIpc) is 2.55. The molecule has 0 radical (unpaired) electrons. The molecule has 3 N–H and O–H groups in total. The van der Waals surface area contributed by atoms with E-state index >= 15 is 0 Å². The predicted molar refractivity (Wildman–Crippen MR) is 69.2 cm³/mol. The van der Waals surface area contributed by atoms with Gasteiger partial charge in [0.1, 0.15) is 5.02 Å². The molecule has 1 saturated heterocycles. The summed E-state index contributed by atoms with van der Waals surface area (Å²) >= 11 is 6.13. The number of likely N-dealkylation sites (N-methyl/N-ethyl adjacent to an activating group) is 1. The van der Waals surface area contributed by atoms with Crippen LogP contribution in [0.1, 0.15) is 6.42 Å². The number of nitrogens with two attached hydrogens (primary N) is 1. The van der Waals surface area contributed by atoms with Crippen molar-refractivity contribution < 1.29 is 0 Å². The molecule has 1 aliphatic heterocycles. The van der Waals surface area contributed by atoms with Crippen LogP contribution in [-0.4, -0.2) is 48.1 Å². The van der Waals surface area contributed by atoms with Gasteiger partial charge in [-0.2, -0.15) is 4.98 Å². The molecule has 0 unspecified atom stereocenters. The Morgan fingerprint density at radius 1 is 1.35 bits per heavy atom. The Morgan fingerprint density at radius 2 is 2.18 bits per heavy atom. The first-order valence-corrected chi connectivity index (χ1v) is 6.01. The largest absolute Gasteiger partial charge is 0.354 e. The molecule has 1 aromatic rings. The van der Waals surface area contributed by atoms with E-state index in [1.807, 2.05) is 0 Å². The zero-order valence-electron chi connectivity index (χ0n) is 9.86. The van der Waals surface area contributed by atoms with Gasteiger partial charge in [-0.1, -0.05) is 11.6 Å². The van der Waals surface area contributed by atoms with E-state index in [0.29, 0.717) is 11.0 Å². The Morgan fingerprint density at radius 3 is 2.94 bits per heavy atom. The van der Waals surface area contributed by atoms with E-state index in [2.05, 4.69) is 32.2 Å². The monoisotopic (exact) mass is 256 g/mol. The third kappa shape index (κ3) is 2.96. The number of nitrogens with zero attached hydrogens (tertiary/aromatic N) is 4. The van der Waals surface area contributed by atoms with Gasteiger partial charge >= 0.3 is 0 Å². The van der Waals surface area contributed by atoms with Gasteiger partial charge in [0.05, 0.1) is 6.20 Å². The molecule has 2 heterocycles. The lowest BCUT2D eigenvalue weighted by Gasteiger charge is -2.22. The van der Waals surface area contributed by atoms with Crippen LogP contribution in [0.15, 0.2) is 6.20 Å². The second-order valence-electron chi connectivity index (χ2n) is 4.15. The summed E-state index contributed by atoms with van der Waals surface area (Å²) in [5, 5.41) is 0.563. The first kappa shape index (κ1) is 12.3. The van der Waals surface area contributed by atoms with Crippen LogP contribution in [0.5, 0.6) is 0 Å². The second kappa shape index (κ2) is 5.48. The highest BCUT2D eigenvalue weighted by molar-refractivity contribution is 6.32. The molecule has 1 aromatic heterocycles. The topological polar surface area (TPSA) is 70.3 Å². The predicted octanol–water partition coefficient (Wildman–Crippen LogP) is 0.558. The molecule has 0 bridgehead atoms. The molecule has 0 atom stereocenters. The summed E-state index contributed by atoms with van der Waals surface area (Å²) in [5.41, 5.74) is 2.44. The Labute approximate surface area is 106 Å². The van der Waals surface area contributed by atoms with Gasteiger partial charge in [0.15, 0.2) is 5.82 Å². The van der Waals surface area contributed by atoms with Crippen molar-refractivity contribution in [2.75, 3.05) is 43.6 Å². The Balaban J connectivity index is 2.20. The van der Waals surface area contributed by atoms with Crippen molar-refractivity contribution in [3.63, 3.8) is 0 Å². The maximum atomic E-state index is 6.13. The smallest absolute Gasteiger partial charge is 0.239 e. The molecule has 7 heteroatoms. The fraction of sp³-hybridized carbons (Fsp3) is 0.600. The number of nitrogen functional groups attached to an aromatic ring is 1. The summed E-state index contributed by atoms with van der Waals surface area (Å²) in [6.07, 6.45) is 2.68. The molecular weight excluding hydrogens is 240 g/mol. The zero-order valence-corrected chi connectivity index (χ0v) is 10.6. The maximum Gasteiger partial charge on any atom is 0.239 e. The van der Waals surface area contributed by atoms with Crippen molar-refractivity contribution in [2.45, 2.75) is 6.42 Å². The standard InChI is InChI=1S/C10H17ClN6/c1-16-3-2-4-17(6-5-16)9-8(11)7-13-10(14-9)15-12/h7H,2-6,12H2,1H3,(H,13,14,15). The van der Waals surface area contributed by atoms with E-state index in [1.54, 1.807) is 6.20 Å². The number of nitrogens with one attached hydrogen (secondary N) is 1. The van der Waals surface area contributed by atoms with Crippen molar-refractivity contribution in [2.24, 2.45) is 5.84 Å². The minimum Gasteiger partial charge on any atom is -0.354 e. The highest BCUT2D eigenvalue weighted by Gasteiger charge is 2.17. The van der Waals surface area contributed by atoms with Crippen LogP contribution in [0.2, 0.25) is 5.02 Å². The van der Waals surface area contributed by atoms with Crippen LogP contribution in [0.25, 0.3) is 0 Å². The van der Waals surface area contributed by atoms with Crippen molar-refractivity contribution >= 4 is 23.4 Å². The Hall–Kier alpha value is -1.11. The maximum absolute atomic E-state index is 6.13. The summed E-state index contributed by atoms with van der Waals surface area (Å²) in [4.78, 5) is 12.8. The number of hydrazine groups is 1. The molecule has 0 aliphatic carbocycles. The molecule has 94 valence electrons.